The van der Waals surface area contributed by atoms with Gasteiger partial charge in [0, 0.05) is 35.6 Å². The highest BCUT2D eigenvalue weighted by atomic mass is 32.1. The average Bonchev–Trinajstić information content (AvgIpc) is 3.17. The average molecular weight is 328 g/mol. The second-order valence-corrected chi connectivity index (χ2v) is 6.60. The molecule has 0 saturated heterocycles. The summed E-state index contributed by atoms with van der Waals surface area (Å²) >= 11 is 1.50. The van der Waals surface area contributed by atoms with Gasteiger partial charge in [0.05, 0.1) is 0 Å². The Bertz CT molecular complexity index is 697. The van der Waals surface area contributed by atoms with Gasteiger partial charge in [-0.25, -0.2) is 0 Å². The Kier molecular flexibility index (Phi) is 4.76. The molecule has 1 aliphatic rings. The van der Waals surface area contributed by atoms with Crippen LogP contribution in [0.1, 0.15) is 35.7 Å². The van der Waals surface area contributed by atoms with Crippen LogP contribution in [-0.4, -0.2) is 24.4 Å². The Labute approximate surface area is 140 Å². The van der Waals surface area contributed by atoms with Crippen LogP contribution < -0.4 is 10.2 Å². The molecule has 0 bridgehead atoms. The highest BCUT2D eigenvalue weighted by Crippen LogP contribution is 2.32. The van der Waals surface area contributed by atoms with Gasteiger partial charge < -0.3 is 10.2 Å². The molecule has 0 aliphatic carbocycles. The van der Waals surface area contributed by atoms with Crippen LogP contribution >= 0.6 is 11.3 Å². The number of amides is 2. The van der Waals surface area contributed by atoms with Crippen LogP contribution in [0.3, 0.4) is 0 Å². The smallest absolute Gasteiger partial charge is 0.252 e. The van der Waals surface area contributed by atoms with Gasteiger partial charge >= 0.3 is 0 Å². The first-order valence-electron chi connectivity index (χ1n) is 7.87. The van der Waals surface area contributed by atoms with E-state index in [4.69, 9.17) is 0 Å². The van der Waals surface area contributed by atoms with Gasteiger partial charge in [-0.05, 0) is 42.8 Å². The minimum atomic E-state index is -0.0708. The number of hydrogen-bond acceptors (Lipinski definition) is 3. The summed E-state index contributed by atoms with van der Waals surface area (Å²) in [5.41, 5.74) is 2.95. The van der Waals surface area contributed by atoms with Crippen molar-refractivity contribution >= 4 is 28.8 Å². The number of fused-ring (bicyclic) bond motifs is 1. The molecular weight excluding hydrogens is 308 g/mol. The van der Waals surface area contributed by atoms with Gasteiger partial charge in [-0.15, -0.1) is 0 Å². The lowest BCUT2D eigenvalue weighted by Gasteiger charge is -2.22. The second kappa shape index (κ2) is 6.96. The molecule has 120 valence electrons. The van der Waals surface area contributed by atoms with Gasteiger partial charge in [-0.1, -0.05) is 18.2 Å². The summed E-state index contributed by atoms with van der Waals surface area (Å²) in [6.07, 6.45) is 2.01. The summed E-state index contributed by atoms with van der Waals surface area (Å²) in [6, 6.07) is 10.1. The zero-order valence-corrected chi connectivity index (χ0v) is 13.9. The van der Waals surface area contributed by atoms with E-state index in [0.717, 1.165) is 12.1 Å². The molecule has 1 N–H and O–H groups in total. The molecule has 4 nitrogen and oxygen atoms in total. The first-order chi connectivity index (χ1) is 11.2. The van der Waals surface area contributed by atoms with E-state index in [1.54, 1.807) is 6.07 Å². The van der Waals surface area contributed by atoms with E-state index in [0.29, 0.717) is 24.9 Å². The van der Waals surface area contributed by atoms with E-state index in [-0.39, 0.29) is 17.9 Å². The molecule has 0 saturated carbocycles. The quantitative estimate of drug-likeness (QED) is 0.857. The molecule has 0 fully saturated rings. The van der Waals surface area contributed by atoms with Crippen LogP contribution in [0.2, 0.25) is 0 Å². The van der Waals surface area contributed by atoms with E-state index < -0.39 is 0 Å². The minimum Gasteiger partial charge on any atom is -0.352 e. The normalized spacial score (nSPS) is 16.2. The van der Waals surface area contributed by atoms with Crippen LogP contribution in [0, 0.1) is 0 Å². The number of thiophene rings is 1. The lowest BCUT2D eigenvalue weighted by atomic mass is 10.1. The fourth-order valence-electron chi connectivity index (χ4n) is 3.00. The number of benzene rings is 1. The number of rotatable bonds is 5. The molecule has 2 amide bonds. The van der Waals surface area contributed by atoms with Crippen molar-refractivity contribution in [2.75, 3.05) is 11.4 Å². The van der Waals surface area contributed by atoms with E-state index in [1.807, 2.05) is 33.9 Å². The zero-order chi connectivity index (χ0) is 16.2. The summed E-state index contributed by atoms with van der Waals surface area (Å²) in [4.78, 5) is 26.2. The van der Waals surface area contributed by atoms with Crippen LogP contribution in [0.15, 0.2) is 41.1 Å². The summed E-state index contributed by atoms with van der Waals surface area (Å²) in [7, 11) is 0. The topological polar surface area (TPSA) is 49.4 Å². The zero-order valence-electron chi connectivity index (χ0n) is 13.1. The molecule has 3 rings (SSSR count). The van der Waals surface area contributed by atoms with E-state index in [9.17, 15) is 9.59 Å². The van der Waals surface area contributed by atoms with Gasteiger partial charge in [-0.2, -0.15) is 11.3 Å². The second-order valence-electron chi connectivity index (χ2n) is 5.82. The molecule has 1 aromatic carbocycles. The van der Waals surface area contributed by atoms with E-state index in [1.165, 1.54) is 16.9 Å². The number of nitrogens with zero attached hydrogens (tertiary/aromatic N) is 1. The third-order valence-electron chi connectivity index (χ3n) is 4.11. The van der Waals surface area contributed by atoms with Gasteiger partial charge in [0.2, 0.25) is 5.91 Å². The third kappa shape index (κ3) is 3.45. The molecule has 0 radical (unpaired) electrons. The number of carbonyl (C=O) groups is 2. The Morgan fingerprint density at radius 3 is 2.91 bits per heavy atom. The molecule has 23 heavy (non-hydrogen) atoms. The molecule has 5 heteroatoms. The molecule has 0 spiro atoms. The number of hydrogen-bond donors (Lipinski definition) is 1. The molecule has 1 aliphatic heterocycles. The fraction of sp³-hybridized carbons (Fsp3) is 0.333. The fourth-order valence-corrected chi connectivity index (χ4v) is 3.64. The summed E-state index contributed by atoms with van der Waals surface area (Å²) in [5, 5.41) is 6.56. The lowest BCUT2D eigenvalue weighted by molar-refractivity contribution is -0.119. The van der Waals surface area contributed by atoms with Crippen molar-refractivity contribution in [1.82, 2.24) is 5.32 Å². The highest BCUT2D eigenvalue weighted by molar-refractivity contribution is 7.08. The van der Waals surface area contributed by atoms with Crippen molar-refractivity contribution in [1.29, 1.82) is 0 Å². The van der Waals surface area contributed by atoms with Gasteiger partial charge in [0.25, 0.3) is 5.91 Å². The highest BCUT2D eigenvalue weighted by Gasteiger charge is 2.29. The lowest BCUT2D eigenvalue weighted by Crippen LogP contribution is -2.36. The summed E-state index contributed by atoms with van der Waals surface area (Å²) < 4.78 is 0. The SMILES string of the molecule is CC1Cc2ccccc2N1C(=O)CCCNC(=O)c1ccsc1. The largest absolute Gasteiger partial charge is 0.352 e. The molecule has 1 unspecified atom stereocenters. The van der Waals surface area contributed by atoms with Crippen molar-refractivity contribution in [2.24, 2.45) is 0 Å². The minimum absolute atomic E-state index is 0.0708. The monoisotopic (exact) mass is 328 g/mol. The van der Waals surface area contributed by atoms with Crippen molar-refractivity contribution in [3.63, 3.8) is 0 Å². The molecular formula is C18H20N2O2S. The van der Waals surface area contributed by atoms with Crippen molar-refractivity contribution in [3.8, 4) is 0 Å². The van der Waals surface area contributed by atoms with Gasteiger partial charge in [-0.3, -0.25) is 9.59 Å². The maximum atomic E-state index is 12.5. The Hall–Kier alpha value is -2.14. The molecule has 2 heterocycles. The number of nitrogens with one attached hydrogen (secondary N) is 1. The molecule has 2 aromatic rings. The Morgan fingerprint density at radius 1 is 1.30 bits per heavy atom. The Morgan fingerprint density at radius 2 is 2.13 bits per heavy atom. The van der Waals surface area contributed by atoms with Crippen LogP contribution in [0.4, 0.5) is 5.69 Å². The number of para-hydroxylation sites is 1. The summed E-state index contributed by atoms with van der Waals surface area (Å²) in [6.45, 7) is 2.60. The maximum Gasteiger partial charge on any atom is 0.252 e. The van der Waals surface area contributed by atoms with Crippen molar-refractivity contribution in [3.05, 3.63) is 52.2 Å². The van der Waals surface area contributed by atoms with Crippen molar-refractivity contribution in [2.45, 2.75) is 32.2 Å². The van der Waals surface area contributed by atoms with Crippen LogP contribution in [-0.2, 0) is 11.2 Å². The van der Waals surface area contributed by atoms with E-state index >= 15 is 0 Å². The third-order valence-corrected chi connectivity index (χ3v) is 4.80. The predicted molar refractivity (Wildman–Crippen MR) is 93.0 cm³/mol. The van der Waals surface area contributed by atoms with E-state index in [2.05, 4.69) is 18.3 Å². The number of carbonyl (C=O) groups excluding carboxylic acids is 2. The van der Waals surface area contributed by atoms with Crippen LogP contribution in [0.5, 0.6) is 0 Å². The number of anilines is 1. The Balaban J connectivity index is 1.49. The van der Waals surface area contributed by atoms with Gasteiger partial charge in [0.1, 0.15) is 0 Å². The molecule has 1 atom stereocenters. The standard InChI is InChI=1S/C18H20N2O2S/c1-13-11-14-5-2-3-6-16(14)20(13)17(21)7-4-9-19-18(22)15-8-10-23-12-15/h2-3,5-6,8,10,12-13H,4,7,9,11H2,1H3,(H,19,22). The first-order valence-corrected chi connectivity index (χ1v) is 8.81. The maximum absolute atomic E-state index is 12.5. The predicted octanol–water partition coefficient (Wildman–Crippen LogP) is 3.24. The van der Waals surface area contributed by atoms with Crippen molar-refractivity contribution < 1.29 is 9.59 Å². The van der Waals surface area contributed by atoms with Crippen LogP contribution in [0.25, 0.3) is 0 Å². The first kappa shape index (κ1) is 15.7. The van der Waals surface area contributed by atoms with Gasteiger partial charge in [0.15, 0.2) is 0 Å². The molecule has 1 aromatic heterocycles. The summed E-state index contributed by atoms with van der Waals surface area (Å²) in [5.74, 6) is 0.0609.